The molecule has 0 bridgehead atoms. The van der Waals surface area contributed by atoms with E-state index in [0.717, 1.165) is 48.7 Å². The van der Waals surface area contributed by atoms with Gasteiger partial charge in [-0.2, -0.15) is 5.26 Å². The number of anilines is 2. The number of nitrogens with one attached hydrogen (secondary N) is 1. The highest BCUT2D eigenvalue weighted by Crippen LogP contribution is 2.32. The van der Waals surface area contributed by atoms with Gasteiger partial charge in [0, 0.05) is 6.54 Å². The minimum Gasteiger partial charge on any atom is -0.423 e. The number of likely N-dealkylation sites (tertiary alicyclic amines) is 1. The van der Waals surface area contributed by atoms with Gasteiger partial charge in [-0.3, -0.25) is 4.90 Å². The quantitative estimate of drug-likeness (QED) is 0.545. The molecule has 30 heavy (non-hydrogen) atoms. The number of nitrogens with zero attached hydrogens (tertiary/aromatic N) is 4. The van der Waals surface area contributed by atoms with E-state index in [4.69, 9.17) is 10.2 Å². The molecule has 0 saturated carbocycles. The summed E-state index contributed by atoms with van der Waals surface area (Å²) in [7, 11) is -1.46. The van der Waals surface area contributed by atoms with Gasteiger partial charge in [0.2, 0.25) is 0 Å². The molecule has 150 valence electrons. The second-order valence-corrected chi connectivity index (χ2v) is 7.36. The van der Waals surface area contributed by atoms with Crippen molar-refractivity contribution in [3.63, 3.8) is 0 Å². The topological polar surface area (TPSA) is 105 Å². The van der Waals surface area contributed by atoms with Crippen LogP contribution in [0.5, 0.6) is 0 Å². The molecule has 1 aromatic carbocycles. The van der Waals surface area contributed by atoms with Crippen LogP contribution in [0.2, 0.25) is 0 Å². The fraction of sp³-hybridized carbons (Fsp3) is 0.227. The number of benzene rings is 1. The maximum Gasteiger partial charge on any atom is 0.488 e. The lowest BCUT2D eigenvalue weighted by Crippen LogP contribution is -2.31. The van der Waals surface area contributed by atoms with Crippen molar-refractivity contribution in [3.05, 3.63) is 77.7 Å². The zero-order valence-corrected chi connectivity index (χ0v) is 16.4. The van der Waals surface area contributed by atoms with E-state index < -0.39 is 7.12 Å². The van der Waals surface area contributed by atoms with Crippen LogP contribution >= 0.6 is 0 Å². The Labute approximate surface area is 175 Å². The molecule has 3 N–H and O–H groups in total. The van der Waals surface area contributed by atoms with Crippen LogP contribution in [0, 0.1) is 11.3 Å². The van der Waals surface area contributed by atoms with E-state index in [1.54, 1.807) is 18.3 Å². The normalized spacial score (nSPS) is 16.2. The molecular formula is C22H22BN5O2. The second-order valence-electron chi connectivity index (χ2n) is 7.36. The Morgan fingerprint density at radius 1 is 1.17 bits per heavy atom. The van der Waals surface area contributed by atoms with E-state index >= 15 is 0 Å². The molecule has 1 aliphatic heterocycles. The lowest BCUT2D eigenvalue weighted by molar-refractivity contribution is 0.244. The molecule has 1 fully saturated rings. The number of aromatic nitrogens is 2. The average molecular weight is 399 g/mol. The van der Waals surface area contributed by atoms with Crippen molar-refractivity contribution in [1.82, 2.24) is 14.9 Å². The lowest BCUT2D eigenvalue weighted by atomic mass is 9.79. The first-order valence-corrected chi connectivity index (χ1v) is 9.91. The first-order valence-electron chi connectivity index (χ1n) is 9.91. The van der Waals surface area contributed by atoms with Crippen LogP contribution in [-0.2, 0) is 6.54 Å². The predicted octanol–water partition coefficient (Wildman–Crippen LogP) is 2.11. The number of hydrogen-bond donors (Lipinski definition) is 3. The van der Waals surface area contributed by atoms with Crippen LogP contribution in [0.15, 0.2) is 60.8 Å². The van der Waals surface area contributed by atoms with E-state index in [-0.39, 0.29) is 6.04 Å². The van der Waals surface area contributed by atoms with Gasteiger partial charge in [-0.05, 0) is 54.7 Å². The van der Waals surface area contributed by atoms with Crippen LogP contribution < -0.4 is 10.8 Å². The Morgan fingerprint density at radius 2 is 2.03 bits per heavy atom. The summed E-state index contributed by atoms with van der Waals surface area (Å²) in [4.78, 5) is 11.3. The van der Waals surface area contributed by atoms with E-state index in [9.17, 15) is 10.0 Å². The van der Waals surface area contributed by atoms with Crippen molar-refractivity contribution >= 4 is 24.1 Å². The molecular weight excluding hydrogens is 377 g/mol. The zero-order chi connectivity index (χ0) is 20.9. The van der Waals surface area contributed by atoms with Crippen molar-refractivity contribution in [3.8, 4) is 6.07 Å². The molecule has 0 aliphatic carbocycles. The van der Waals surface area contributed by atoms with Crippen LogP contribution in [0.3, 0.4) is 0 Å². The van der Waals surface area contributed by atoms with Crippen molar-refractivity contribution < 1.29 is 10.0 Å². The van der Waals surface area contributed by atoms with Gasteiger partial charge >= 0.3 is 7.12 Å². The average Bonchev–Trinajstić information content (AvgIpc) is 3.23. The van der Waals surface area contributed by atoms with E-state index in [1.165, 1.54) is 0 Å². The molecule has 4 rings (SSSR count). The van der Waals surface area contributed by atoms with Gasteiger partial charge in [-0.1, -0.05) is 30.3 Å². The van der Waals surface area contributed by atoms with E-state index in [1.807, 2.05) is 48.5 Å². The molecule has 0 amide bonds. The van der Waals surface area contributed by atoms with Gasteiger partial charge in [0.05, 0.1) is 23.6 Å². The van der Waals surface area contributed by atoms with Crippen LogP contribution in [0.4, 0.5) is 11.5 Å². The van der Waals surface area contributed by atoms with Gasteiger partial charge in [0.15, 0.2) is 0 Å². The third-order valence-electron chi connectivity index (χ3n) is 5.26. The van der Waals surface area contributed by atoms with Gasteiger partial charge in [-0.15, -0.1) is 0 Å². The van der Waals surface area contributed by atoms with Gasteiger partial charge < -0.3 is 15.4 Å². The summed E-state index contributed by atoms with van der Waals surface area (Å²) in [5, 5.41) is 31.0. The first-order chi connectivity index (χ1) is 14.6. The largest absolute Gasteiger partial charge is 0.488 e. The highest BCUT2D eigenvalue weighted by molar-refractivity contribution is 6.58. The third-order valence-corrected chi connectivity index (χ3v) is 5.26. The molecule has 1 saturated heterocycles. The molecule has 2 aromatic heterocycles. The summed E-state index contributed by atoms with van der Waals surface area (Å²) in [5.41, 5.74) is 3.70. The zero-order valence-electron chi connectivity index (χ0n) is 16.4. The molecule has 7 nitrogen and oxygen atoms in total. The van der Waals surface area contributed by atoms with Crippen molar-refractivity contribution in [2.45, 2.75) is 25.4 Å². The minimum absolute atomic E-state index is 0.202. The van der Waals surface area contributed by atoms with Gasteiger partial charge in [0.1, 0.15) is 17.6 Å². The van der Waals surface area contributed by atoms with Crippen LogP contribution in [0.25, 0.3) is 0 Å². The summed E-state index contributed by atoms with van der Waals surface area (Å²) >= 11 is 0. The second kappa shape index (κ2) is 9.05. The molecule has 1 aliphatic rings. The Kier molecular flexibility index (Phi) is 6.05. The van der Waals surface area contributed by atoms with Crippen molar-refractivity contribution in [1.29, 1.82) is 5.26 Å². The Bertz CT molecular complexity index is 1050. The minimum atomic E-state index is -1.46. The highest BCUT2D eigenvalue weighted by atomic mass is 16.4. The Morgan fingerprint density at radius 3 is 2.80 bits per heavy atom. The smallest absolute Gasteiger partial charge is 0.423 e. The summed E-state index contributed by atoms with van der Waals surface area (Å²) in [6.45, 7) is 1.69. The summed E-state index contributed by atoms with van der Waals surface area (Å²) < 4.78 is 0. The summed E-state index contributed by atoms with van der Waals surface area (Å²) in [6.07, 6.45) is 3.74. The summed E-state index contributed by atoms with van der Waals surface area (Å²) in [5.74, 6) is 0.733. The predicted molar refractivity (Wildman–Crippen MR) is 115 cm³/mol. The van der Waals surface area contributed by atoms with Gasteiger partial charge in [0.25, 0.3) is 0 Å². The number of pyridine rings is 2. The van der Waals surface area contributed by atoms with Crippen molar-refractivity contribution in [2.24, 2.45) is 0 Å². The molecule has 3 heterocycles. The third kappa shape index (κ3) is 4.66. The SMILES string of the molecule is N#Cc1ccc(Nc2cccc([C@H]3CCCN3Cc3cccc(B(O)O)c3)n2)cn1. The fourth-order valence-corrected chi connectivity index (χ4v) is 3.83. The maximum atomic E-state index is 9.42. The van der Waals surface area contributed by atoms with Crippen molar-refractivity contribution in [2.75, 3.05) is 11.9 Å². The lowest BCUT2D eigenvalue weighted by Gasteiger charge is -2.24. The number of hydrogen-bond acceptors (Lipinski definition) is 7. The fourth-order valence-electron chi connectivity index (χ4n) is 3.83. The molecule has 0 spiro atoms. The highest BCUT2D eigenvalue weighted by Gasteiger charge is 2.27. The number of nitriles is 1. The Hall–Kier alpha value is -3.25. The standard InChI is InChI=1S/C22H22BN5O2/c24-13-18-9-10-19(14-25-18)26-22-8-2-6-20(27-22)21-7-3-11-28(21)15-16-4-1-5-17(12-16)23(29)30/h1-2,4-6,8-10,12,14,21,29-30H,3,7,11,15H2,(H,26,27)/t21-/m1/s1. The molecule has 1 atom stereocenters. The summed E-state index contributed by atoms with van der Waals surface area (Å²) in [6, 6.07) is 19.0. The van der Waals surface area contributed by atoms with Crippen LogP contribution in [-0.4, -0.2) is 38.6 Å². The molecule has 3 aromatic rings. The maximum absolute atomic E-state index is 9.42. The van der Waals surface area contributed by atoms with Crippen LogP contribution in [0.1, 0.15) is 35.8 Å². The molecule has 0 radical (unpaired) electrons. The monoisotopic (exact) mass is 399 g/mol. The Balaban J connectivity index is 1.49. The molecule has 8 heteroatoms. The molecule has 0 unspecified atom stereocenters. The van der Waals surface area contributed by atoms with E-state index in [0.29, 0.717) is 11.2 Å². The first kappa shape index (κ1) is 20.0. The number of rotatable bonds is 6. The van der Waals surface area contributed by atoms with Gasteiger partial charge in [-0.25, -0.2) is 9.97 Å². The van der Waals surface area contributed by atoms with E-state index in [2.05, 4.69) is 15.2 Å².